The maximum Gasteiger partial charge on any atom is 0.341 e. The fourth-order valence-corrected chi connectivity index (χ4v) is 5.72. The smallest absolute Gasteiger partial charge is 0.341 e. The van der Waals surface area contributed by atoms with Crippen molar-refractivity contribution in [2.24, 2.45) is 0 Å². The van der Waals surface area contributed by atoms with Crippen LogP contribution in [-0.2, 0) is 27.1 Å². The summed E-state index contributed by atoms with van der Waals surface area (Å²) < 4.78 is 10.5. The standard InChI is InChI=1S/C19H25N3O4S2/c1-25-18(24)15-12-4-2-6-14(12)28-16(15)20-19(27)22-9-7-21(8-10-22)17(23)13-5-3-11-26-13/h13H,2-11H2,1H3,(H,20,27)/t13-/m0/s1. The molecule has 0 radical (unpaired) electrons. The molecule has 1 aromatic rings. The molecule has 1 aliphatic carbocycles. The molecule has 0 aromatic carbocycles. The first-order chi connectivity index (χ1) is 13.6. The minimum absolute atomic E-state index is 0.0960. The number of thiocarbonyl (C=S) groups is 1. The summed E-state index contributed by atoms with van der Waals surface area (Å²) in [6, 6.07) is 0. The van der Waals surface area contributed by atoms with E-state index in [0.29, 0.717) is 43.5 Å². The molecule has 3 aliphatic rings. The van der Waals surface area contributed by atoms with Crippen molar-refractivity contribution in [3.8, 4) is 0 Å². The Morgan fingerprint density at radius 3 is 2.61 bits per heavy atom. The van der Waals surface area contributed by atoms with E-state index in [1.807, 2.05) is 4.90 Å². The van der Waals surface area contributed by atoms with Crippen molar-refractivity contribution in [3.05, 3.63) is 16.0 Å². The maximum absolute atomic E-state index is 12.5. The van der Waals surface area contributed by atoms with Gasteiger partial charge in [-0.1, -0.05) is 0 Å². The van der Waals surface area contributed by atoms with E-state index < -0.39 is 0 Å². The van der Waals surface area contributed by atoms with Crippen LogP contribution in [0, 0.1) is 0 Å². The summed E-state index contributed by atoms with van der Waals surface area (Å²) in [4.78, 5) is 29.9. The molecule has 2 aliphatic heterocycles. The Kier molecular flexibility index (Phi) is 5.84. The van der Waals surface area contributed by atoms with Gasteiger partial charge in [-0.3, -0.25) is 4.79 Å². The minimum atomic E-state index is -0.309. The molecular formula is C19H25N3O4S2. The van der Waals surface area contributed by atoms with Crippen LogP contribution in [0.3, 0.4) is 0 Å². The SMILES string of the molecule is COC(=O)c1c(NC(=S)N2CCN(C(=O)[C@@H]3CCCO3)CC2)sc2c1CCC2. The number of carbonyl (C=O) groups is 2. The Morgan fingerprint density at radius 2 is 1.93 bits per heavy atom. The number of amides is 1. The third kappa shape index (κ3) is 3.75. The van der Waals surface area contributed by atoms with Crippen LogP contribution < -0.4 is 5.32 Å². The van der Waals surface area contributed by atoms with Gasteiger partial charge < -0.3 is 24.6 Å². The highest BCUT2D eigenvalue weighted by molar-refractivity contribution is 7.80. The Hall–Kier alpha value is -1.71. The zero-order valence-electron chi connectivity index (χ0n) is 16.0. The van der Waals surface area contributed by atoms with Gasteiger partial charge in [0.2, 0.25) is 0 Å². The number of fused-ring (bicyclic) bond motifs is 1. The lowest BCUT2D eigenvalue weighted by atomic mass is 10.1. The number of nitrogens with zero attached hydrogens (tertiary/aromatic N) is 2. The third-order valence-corrected chi connectivity index (χ3v) is 7.18. The van der Waals surface area contributed by atoms with Gasteiger partial charge in [0.1, 0.15) is 11.1 Å². The van der Waals surface area contributed by atoms with E-state index in [4.69, 9.17) is 21.7 Å². The number of rotatable bonds is 3. The monoisotopic (exact) mass is 423 g/mol. The second kappa shape index (κ2) is 8.34. The summed E-state index contributed by atoms with van der Waals surface area (Å²) >= 11 is 7.20. The van der Waals surface area contributed by atoms with Gasteiger partial charge in [-0.05, 0) is 49.9 Å². The van der Waals surface area contributed by atoms with Crippen LogP contribution in [0.5, 0.6) is 0 Å². The van der Waals surface area contributed by atoms with E-state index in [2.05, 4.69) is 10.2 Å². The van der Waals surface area contributed by atoms with Crippen LogP contribution >= 0.6 is 23.6 Å². The van der Waals surface area contributed by atoms with E-state index in [-0.39, 0.29) is 18.0 Å². The molecule has 1 atom stereocenters. The third-order valence-electron chi connectivity index (χ3n) is 5.61. The molecule has 1 amide bonds. The first-order valence-electron chi connectivity index (χ1n) is 9.77. The molecular weight excluding hydrogens is 398 g/mol. The fraction of sp³-hybridized carbons (Fsp3) is 0.632. The maximum atomic E-state index is 12.5. The molecule has 152 valence electrons. The molecule has 7 nitrogen and oxygen atoms in total. The number of nitrogens with one attached hydrogen (secondary N) is 1. The van der Waals surface area contributed by atoms with Gasteiger partial charge in [-0.25, -0.2) is 4.79 Å². The fourth-order valence-electron chi connectivity index (χ4n) is 4.09. The highest BCUT2D eigenvalue weighted by atomic mass is 32.1. The molecule has 4 rings (SSSR count). The second-order valence-corrected chi connectivity index (χ2v) is 8.79. The Morgan fingerprint density at radius 1 is 1.18 bits per heavy atom. The Balaban J connectivity index is 1.38. The van der Waals surface area contributed by atoms with Crippen molar-refractivity contribution >= 4 is 45.5 Å². The van der Waals surface area contributed by atoms with Crippen LogP contribution in [0.4, 0.5) is 5.00 Å². The number of methoxy groups -OCH3 is 1. The zero-order chi connectivity index (χ0) is 19.7. The second-order valence-electron chi connectivity index (χ2n) is 7.30. The predicted molar refractivity (Wildman–Crippen MR) is 111 cm³/mol. The highest BCUT2D eigenvalue weighted by Gasteiger charge is 2.32. The molecule has 0 saturated carbocycles. The van der Waals surface area contributed by atoms with Crippen molar-refractivity contribution in [3.63, 3.8) is 0 Å². The van der Waals surface area contributed by atoms with E-state index >= 15 is 0 Å². The summed E-state index contributed by atoms with van der Waals surface area (Å²) in [5.41, 5.74) is 1.74. The lowest BCUT2D eigenvalue weighted by Crippen LogP contribution is -2.53. The van der Waals surface area contributed by atoms with E-state index in [0.717, 1.165) is 42.7 Å². The van der Waals surface area contributed by atoms with Gasteiger partial charge in [0, 0.05) is 37.7 Å². The van der Waals surface area contributed by atoms with Crippen molar-refractivity contribution in [1.29, 1.82) is 0 Å². The molecule has 2 fully saturated rings. The quantitative estimate of drug-likeness (QED) is 0.589. The molecule has 1 N–H and O–H groups in total. The molecule has 3 heterocycles. The highest BCUT2D eigenvalue weighted by Crippen LogP contribution is 2.39. The topological polar surface area (TPSA) is 71.1 Å². The van der Waals surface area contributed by atoms with E-state index in [9.17, 15) is 9.59 Å². The molecule has 9 heteroatoms. The lowest BCUT2D eigenvalue weighted by Gasteiger charge is -2.37. The van der Waals surface area contributed by atoms with Crippen LogP contribution in [0.15, 0.2) is 0 Å². The number of esters is 1. The lowest BCUT2D eigenvalue weighted by molar-refractivity contribution is -0.142. The van der Waals surface area contributed by atoms with Crippen LogP contribution in [0.25, 0.3) is 0 Å². The zero-order valence-corrected chi connectivity index (χ0v) is 17.6. The van der Waals surface area contributed by atoms with Gasteiger partial charge in [0.05, 0.1) is 12.7 Å². The number of hydrogen-bond acceptors (Lipinski definition) is 6. The number of carbonyl (C=O) groups excluding carboxylic acids is 2. The molecule has 0 spiro atoms. The average Bonchev–Trinajstić information content (AvgIpc) is 3.44. The molecule has 1 aromatic heterocycles. The number of piperazine rings is 1. The molecule has 28 heavy (non-hydrogen) atoms. The first-order valence-corrected chi connectivity index (χ1v) is 11.0. The summed E-state index contributed by atoms with van der Waals surface area (Å²) in [5, 5.41) is 4.64. The van der Waals surface area contributed by atoms with Crippen molar-refractivity contribution < 1.29 is 19.1 Å². The summed E-state index contributed by atoms with van der Waals surface area (Å²) in [5.74, 6) is -0.213. The van der Waals surface area contributed by atoms with Gasteiger partial charge >= 0.3 is 5.97 Å². The normalized spacial score (nSPS) is 21.5. The Bertz CT molecular complexity index is 780. The Labute approximate surface area is 174 Å². The van der Waals surface area contributed by atoms with Crippen LogP contribution in [-0.4, -0.2) is 72.8 Å². The number of anilines is 1. The van der Waals surface area contributed by atoms with Crippen molar-refractivity contribution in [2.75, 3.05) is 45.2 Å². The van der Waals surface area contributed by atoms with Gasteiger partial charge in [-0.15, -0.1) is 11.3 Å². The van der Waals surface area contributed by atoms with Crippen LogP contribution in [0.1, 0.15) is 40.1 Å². The molecule has 2 saturated heterocycles. The first kappa shape index (κ1) is 19.6. The summed E-state index contributed by atoms with van der Waals surface area (Å²) in [6.07, 6.45) is 4.50. The van der Waals surface area contributed by atoms with E-state index in [1.165, 1.54) is 12.0 Å². The molecule has 0 unspecified atom stereocenters. The largest absolute Gasteiger partial charge is 0.465 e. The summed E-state index contributed by atoms with van der Waals surface area (Å²) in [6.45, 7) is 3.28. The van der Waals surface area contributed by atoms with Crippen molar-refractivity contribution in [1.82, 2.24) is 9.80 Å². The van der Waals surface area contributed by atoms with Gasteiger partial charge in [0.25, 0.3) is 5.91 Å². The number of hydrogen-bond donors (Lipinski definition) is 1. The minimum Gasteiger partial charge on any atom is -0.465 e. The number of ether oxygens (including phenoxy) is 2. The number of aryl methyl sites for hydroxylation is 1. The average molecular weight is 424 g/mol. The number of thiophene rings is 1. The summed E-state index contributed by atoms with van der Waals surface area (Å²) in [7, 11) is 1.41. The van der Waals surface area contributed by atoms with Gasteiger partial charge in [0.15, 0.2) is 5.11 Å². The molecule has 0 bridgehead atoms. The van der Waals surface area contributed by atoms with E-state index in [1.54, 1.807) is 11.3 Å². The van der Waals surface area contributed by atoms with Crippen molar-refractivity contribution in [2.45, 2.75) is 38.2 Å². The van der Waals surface area contributed by atoms with Gasteiger partial charge in [-0.2, -0.15) is 0 Å². The van der Waals surface area contributed by atoms with Crippen LogP contribution in [0.2, 0.25) is 0 Å². The predicted octanol–water partition coefficient (Wildman–Crippen LogP) is 2.04.